The summed E-state index contributed by atoms with van der Waals surface area (Å²) in [6.07, 6.45) is 9.58. The predicted molar refractivity (Wildman–Crippen MR) is 85.5 cm³/mol. The van der Waals surface area contributed by atoms with Gasteiger partial charge in [-0.1, -0.05) is 19.3 Å². The van der Waals surface area contributed by atoms with Crippen molar-refractivity contribution in [3.63, 3.8) is 0 Å². The fourth-order valence-corrected chi connectivity index (χ4v) is 3.90. The van der Waals surface area contributed by atoms with Crippen molar-refractivity contribution >= 4 is 11.7 Å². The van der Waals surface area contributed by atoms with Gasteiger partial charge in [-0.3, -0.25) is 24.1 Å². The Balaban J connectivity index is 1.80. The number of carbonyl (C=O) groups excluding carboxylic acids is 1. The third-order valence-corrected chi connectivity index (χ3v) is 5.03. The molecule has 1 amide bonds. The van der Waals surface area contributed by atoms with E-state index in [-0.39, 0.29) is 29.8 Å². The average Bonchev–Trinajstić information content (AvgIpc) is 3.12. The molecule has 2 aromatic rings. The zero-order chi connectivity index (χ0) is 16.0. The Morgan fingerprint density at radius 2 is 2.00 bits per heavy atom. The van der Waals surface area contributed by atoms with Crippen molar-refractivity contribution in [1.82, 2.24) is 19.6 Å². The van der Waals surface area contributed by atoms with Gasteiger partial charge in [0.25, 0.3) is 5.56 Å². The highest BCUT2D eigenvalue weighted by Gasteiger charge is 2.34. The van der Waals surface area contributed by atoms with Gasteiger partial charge in [0.15, 0.2) is 0 Å². The van der Waals surface area contributed by atoms with E-state index in [1.165, 1.54) is 19.3 Å². The number of aromatic nitrogens is 4. The zero-order valence-corrected chi connectivity index (χ0v) is 13.2. The summed E-state index contributed by atoms with van der Waals surface area (Å²) in [5.41, 5.74) is 1.48. The Morgan fingerprint density at radius 3 is 2.70 bits per heavy atom. The van der Waals surface area contributed by atoms with Gasteiger partial charge in [-0.25, -0.2) is 0 Å². The first-order valence-electron chi connectivity index (χ1n) is 8.26. The second kappa shape index (κ2) is 5.40. The van der Waals surface area contributed by atoms with Crippen LogP contribution >= 0.6 is 0 Å². The maximum Gasteiger partial charge on any atom is 0.270 e. The van der Waals surface area contributed by atoms with Gasteiger partial charge in [0.05, 0.1) is 17.8 Å². The molecule has 2 aliphatic rings. The minimum absolute atomic E-state index is 0.0464. The third-order valence-electron chi connectivity index (χ3n) is 5.03. The number of aryl methyl sites for hydroxylation is 1. The SMILES string of the molecule is Cn1cc([C@H]2CC(=O)Nc3c2c(=O)[nH]n3C2CCCCC2)cn1. The van der Waals surface area contributed by atoms with Gasteiger partial charge in [0.1, 0.15) is 5.82 Å². The molecule has 0 aromatic carbocycles. The first-order valence-corrected chi connectivity index (χ1v) is 8.26. The number of nitrogens with zero attached hydrogens (tertiary/aromatic N) is 3. The van der Waals surface area contributed by atoms with Crippen LogP contribution in [-0.2, 0) is 11.8 Å². The molecule has 1 fully saturated rings. The van der Waals surface area contributed by atoms with E-state index in [4.69, 9.17) is 0 Å². The third kappa shape index (κ3) is 2.40. The lowest BCUT2D eigenvalue weighted by atomic mass is 9.89. The molecule has 23 heavy (non-hydrogen) atoms. The van der Waals surface area contributed by atoms with E-state index in [1.54, 1.807) is 10.9 Å². The number of hydrogen-bond acceptors (Lipinski definition) is 3. The summed E-state index contributed by atoms with van der Waals surface area (Å²) in [5, 5.41) is 10.1. The van der Waals surface area contributed by atoms with Crippen LogP contribution in [0.1, 0.15) is 61.6 Å². The molecule has 2 N–H and O–H groups in total. The van der Waals surface area contributed by atoms with Crippen molar-refractivity contribution in [2.45, 2.75) is 50.5 Å². The van der Waals surface area contributed by atoms with Gasteiger partial charge in [-0.2, -0.15) is 5.10 Å². The molecule has 3 heterocycles. The number of fused-ring (bicyclic) bond motifs is 1. The molecule has 0 spiro atoms. The van der Waals surface area contributed by atoms with E-state index >= 15 is 0 Å². The van der Waals surface area contributed by atoms with Gasteiger partial charge >= 0.3 is 0 Å². The molecule has 122 valence electrons. The van der Waals surface area contributed by atoms with Crippen LogP contribution in [0.3, 0.4) is 0 Å². The highest BCUT2D eigenvalue weighted by molar-refractivity contribution is 5.94. The summed E-state index contributed by atoms with van der Waals surface area (Å²) in [6, 6.07) is 0.271. The molecule has 1 aliphatic carbocycles. The van der Waals surface area contributed by atoms with E-state index in [0.717, 1.165) is 18.4 Å². The fraction of sp³-hybridized carbons (Fsp3) is 0.562. The number of rotatable bonds is 2. The van der Waals surface area contributed by atoms with Crippen molar-refractivity contribution in [2.75, 3.05) is 5.32 Å². The normalized spacial score (nSPS) is 22.0. The molecule has 1 aliphatic heterocycles. The number of hydrogen-bond donors (Lipinski definition) is 2. The van der Waals surface area contributed by atoms with Crippen LogP contribution in [0, 0.1) is 0 Å². The molecule has 4 rings (SSSR count). The van der Waals surface area contributed by atoms with Crippen LogP contribution in [0.4, 0.5) is 5.82 Å². The maximum absolute atomic E-state index is 12.6. The standard InChI is InChI=1S/C16H21N5O2/c1-20-9-10(8-17-20)12-7-13(22)18-15-14(12)16(23)19-21(15)11-5-3-2-4-6-11/h8-9,11-12H,2-7H2,1H3,(H,18,22)(H,19,23)/t12-/m1/s1. The van der Waals surface area contributed by atoms with Crippen molar-refractivity contribution in [1.29, 1.82) is 0 Å². The summed E-state index contributed by atoms with van der Waals surface area (Å²) in [7, 11) is 1.84. The predicted octanol–water partition coefficient (Wildman–Crippen LogP) is 1.89. The zero-order valence-electron chi connectivity index (χ0n) is 13.2. The quantitative estimate of drug-likeness (QED) is 0.887. The lowest BCUT2D eigenvalue weighted by Gasteiger charge is -2.27. The number of amides is 1. The largest absolute Gasteiger partial charge is 0.311 e. The summed E-state index contributed by atoms with van der Waals surface area (Å²) < 4.78 is 3.60. The number of anilines is 1. The Hall–Kier alpha value is -2.31. The van der Waals surface area contributed by atoms with Gasteiger partial charge in [0, 0.05) is 25.6 Å². The summed E-state index contributed by atoms with van der Waals surface area (Å²) >= 11 is 0. The lowest BCUT2D eigenvalue weighted by Crippen LogP contribution is -2.27. The van der Waals surface area contributed by atoms with Gasteiger partial charge in [0.2, 0.25) is 5.91 Å². The van der Waals surface area contributed by atoms with Crippen LogP contribution in [0.5, 0.6) is 0 Å². The molecule has 7 heteroatoms. The first kappa shape index (κ1) is 14.3. The van der Waals surface area contributed by atoms with E-state index in [1.807, 2.05) is 17.9 Å². The fourth-order valence-electron chi connectivity index (χ4n) is 3.90. The van der Waals surface area contributed by atoms with Crippen LogP contribution in [-0.4, -0.2) is 25.5 Å². The number of aromatic amines is 1. The Bertz CT molecular complexity index is 794. The molecular formula is C16H21N5O2. The molecule has 0 unspecified atom stereocenters. The van der Waals surface area contributed by atoms with Crippen LogP contribution < -0.4 is 10.9 Å². The monoisotopic (exact) mass is 315 g/mol. The molecule has 7 nitrogen and oxygen atoms in total. The van der Waals surface area contributed by atoms with E-state index in [9.17, 15) is 9.59 Å². The first-order chi connectivity index (χ1) is 11.1. The second-order valence-corrected chi connectivity index (χ2v) is 6.62. The molecule has 0 bridgehead atoms. The minimum atomic E-state index is -0.221. The molecule has 0 saturated heterocycles. The molecule has 1 saturated carbocycles. The number of nitrogens with one attached hydrogen (secondary N) is 2. The Morgan fingerprint density at radius 1 is 1.22 bits per heavy atom. The minimum Gasteiger partial charge on any atom is -0.311 e. The van der Waals surface area contributed by atoms with Crippen LogP contribution in [0.15, 0.2) is 17.2 Å². The van der Waals surface area contributed by atoms with E-state index < -0.39 is 0 Å². The average molecular weight is 315 g/mol. The highest BCUT2D eigenvalue weighted by atomic mass is 16.2. The summed E-state index contributed by atoms with van der Waals surface area (Å²) in [6.45, 7) is 0. The van der Waals surface area contributed by atoms with Gasteiger partial charge in [-0.05, 0) is 18.4 Å². The Labute approximate surface area is 133 Å². The highest BCUT2D eigenvalue weighted by Crippen LogP contribution is 2.38. The molecule has 0 radical (unpaired) electrons. The van der Waals surface area contributed by atoms with Gasteiger partial charge in [-0.15, -0.1) is 0 Å². The molecular weight excluding hydrogens is 294 g/mol. The molecule has 1 atom stereocenters. The summed E-state index contributed by atoms with van der Waals surface area (Å²) in [5.74, 6) is 0.392. The lowest BCUT2D eigenvalue weighted by molar-refractivity contribution is -0.116. The van der Waals surface area contributed by atoms with Gasteiger partial charge < -0.3 is 5.32 Å². The van der Waals surface area contributed by atoms with E-state index in [0.29, 0.717) is 11.4 Å². The van der Waals surface area contributed by atoms with Crippen molar-refractivity contribution < 1.29 is 4.79 Å². The van der Waals surface area contributed by atoms with Crippen molar-refractivity contribution in [2.24, 2.45) is 7.05 Å². The van der Waals surface area contributed by atoms with Crippen LogP contribution in [0.25, 0.3) is 0 Å². The number of H-pyrrole nitrogens is 1. The number of carbonyl (C=O) groups is 1. The topological polar surface area (TPSA) is 84.7 Å². The summed E-state index contributed by atoms with van der Waals surface area (Å²) in [4.78, 5) is 24.8. The van der Waals surface area contributed by atoms with E-state index in [2.05, 4.69) is 15.5 Å². The Kier molecular flexibility index (Phi) is 3.36. The maximum atomic E-state index is 12.6. The molecule has 2 aromatic heterocycles. The van der Waals surface area contributed by atoms with Crippen molar-refractivity contribution in [3.8, 4) is 0 Å². The van der Waals surface area contributed by atoms with Crippen molar-refractivity contribution in [3.05, 3.63) is 33.9 Å². The smallest absolute Gasteiger partial charge is 0.270 e. The second-order valence-electron chi connectivity index (χ2n) is 6.62. The van der Waals surface area contributed by atoms with Crippen LogP contribution in [0.2, 0.25) is 0 Å².